The van der Waals surface area contributed by atoms with Gasteiger partial charge in [-0.25, -0.2) is 0 Å². The van der Waals surface area contributed by atoms with Gasteiger partial charge in [0.25, 0.3) is 0 Å². The number of carboxylic acid groups (broad SMARTS) is 1. The van der Waals surface area contributed by atoms with Crippen molar-refractivity contribution in [1.29, 1.82) is 0 Å². The van der Waals surface area contributed by atoms with Gasteiger partial charge in [-0.2, -0.15) is 0 Å². The van der Waals surface area contributed by atoms with Crippen molar-refractivity contribution >= 4 is 5.97 Å². The Morgan fingerprint density at radius 2 is 2.36 bits per heavy atom. The number of fused-ring (bicyclic) bond motifs is 1. The number of ether oxygens (including phenoxy) is 1. The van der Waals surface area contributed by atoms with Crippen LogP contribution in [0.1, 0.15) is 19.3 Å². The van der Waals surface area contributed by atoms with Gasteiger partial charge in [0.15, 0.2) is 0 Å². The van der Waals surface area contributed by atoms with Crippen LogP contribution in [0.5, 0.6) is 0 Å². The average molecular weight is 199 g/mol. The van der Waals surface area contributed by atoms with E-state index >= 15 is 0 Å². The lowest BCUT2D eigenvalue weighted by atomic mass is 10.0. The minimum atomic E-state index is -0.724. The van der Waals surface area contributed by atoms with Gasteiger partial charge in [0.05, 0.1) is 19.8 Å². The van der Waals surface area contributed by atoms with Crippen LogP contribution < -0.4 is 0 Å². The Balaban J connectivity index is 2.01. The summed E-state index contributed by atoms with van der Waals surface area (Å²) in [6, 6.07) is 0.452. The molecule has 2 atom stereocenters. The lowest BCUT2D eigenvalue weighted by molar-refractivity contribution is -0.139. The van der Waals surface area contributed by atoms with E-state index in [1.807, 2.05) is 0 Å². The van der Waals surface area contributed by atoms with Crippen LogP contribution in [0.25, 0.3) is 0 Å². The second-order valence-corrected chi connectivity index (χ2v) is 4.20. The Morgan fingerprint density at radius 3 is 3.14 bits per heavy atom. The fourth-order valence-electron chi connectivity index (χ4n) is 2.64. The lowest BCUT2D eigenvalue weighted by Crippen LogP contribution is -2.41. The fourth-order valence-corrected chi connectivity index (χ4v) is 2.64. The molecule has 0 bridgehead atoms. The lowest BCUT2D eigenvalue weighted by Gasteiger charge is -2.27. The van der Waals surface area contributed by atoms with E-state index in [1.165, 1.54) is 12.8 Å². The van der Waals surface area contributed by atoms with E-state index in [9.17, 15) is 4.79 Å². The van der Waals surface area contributed by atoms with Crippen LogP contribution in [0.4, 0.5) is 0 Å². The summed E-state index contributed by atoms with van der Waals surface area (Å²) in [5, 5.41) is 8.80. The molecule has 2 aliphatic rings. The predicted octanol–water partition coefficient (Wildman–Crippen LogP) is 0.572. The molecule has 0 unspecified atom stereocenters. The molecular weight excluding hydrogens is 182 g/mol. The summed E-state index contributed by atoms with van der Waals surface area (Å²) in [6.45, 7) is 2.44. The van der Waals surface area contributed by atoms with Gasteiger partial charge in [-0.05, 0) is 18.8 Å². The number of hydrogen-bond acceptors (Lipinski definition) is 3. The van der Waals surface area contributed by atoms with E-state index in [2.05, 4.69) is 4.90 Å². The van der Waals surface area contributed by atoms with E-state index in [0.717, 1.165) is 19.6 Å². The maximum absolute atomic E-state index is 10.7. The largest absolute Gasteiger partial charge is 0.480 e. The van der Waals surface area contributed by atoms with Crippen molar-refractivity contribution in [2.45, 2.75) is 25.3 Å². The second-order valence-electron chi connectivity index (χ2n) is 4.20. The molecule has 0 amide bonds. The van der Waals surface area contributed by atoms with E-state index in [4.69, 9.17) is 9.84 Å². The van der Waals surface area contributed by atoms with Gasteiger partial charge in [-0.15, -0.1) is 0 Å². The van der Waals surface area contributed by atoms with Crippen LogP contribution in [0.2, 0.25) is 0 Å². The summed E-state index contributed by atoms with van der Waals surface area (Å²) in [7, 11) is 0. The summed E-state index contributed by atoms with van der Waals surface area (Å²) in [6.07, 6.45) is 3.55. The first-order valence-electron chi connectivity index (χ1n) is 5.31. The highest BCUT2D eigenvalue weighted by molar-refractivity contribution is 5.69. The van der Waals surface area contributed by atoms with Crippen molar-refractivity contribution in [3.63, 3.8) is 0 Å². The first kappa shape index (κ1) is 9.93. The summed E-state index contributed by atoms with van der Waals surface area (Å²) < 4.78 is 5.49. The molecule has 0 radical (unpaired) electrons. The highest BCUT2D eigenvalue weighted by Gasteiger charge is 2.34. The average Bonchev–Trinajstić information content (AvgIpc) is 2.51. The molecule has 0 spiro atoms. The molecule has 0 aromatic heterocycles. The Bertz CT molecular complexity index is 219. The van der Waals surface area contributed by atoms with E-state index < -0.39 is 5.97 Å². The molecule has 2 fully saturated rings. The van der Waals surface area contributed by atoms with Crippen molar-refractivity contribution < 1.29 is 14.6 Å². The van der Waals surface area contributed by atoms with Gasteiger partial charge >= 0.3 is 5.97 Å². The van der Waals surface area contributed by atoms with Crippen LogP contribution in [0.3, 0.4) is 0 Å². The molecule has 1 N–H and O–H groups in total. The first-order valence-corrected chi connectivity index (χ1v) is 5.31. The van der Waals surface area contributed by atoms with Crippen molar-refractivity contribution in [2.75, 3.05) is 26.3 Å². The van der Waals surface area contributed by atoms with E-state index in [0.29, 0.717) is 18.6 Å². The zero-order valence-corrected chi connectivity index (χ0v) is 8.32. The third kappa shape index (κ3) is 2.07. The van der Waals surface area contributed by atoms with Crippen LogP contribution >= 0.6 is 0 Å². The highest BCUT2D eigenvalue weighted by Crippen LogP contribution is 2.31. The van der Waals surface area contributed by atoms with Gasteiger partial charge in [0, 0.05) is 12.6 Å². The molecule has 80 valence electrons. The van der Waals surface area contributed by atoms with Gasteiger partial charge < -0.3 is 9.84 Å². The van der Waals surface area contributed by atoms with Gasteiger partial charge in [0.1, 0.15) is 0 Å². The summed E-state index contributed by atoms with van der Waals surface area (Å²) in [4.78, 5) is 12.8. The zero-order chi connectivity index (χ0) is 9.97. The molecule has 4 nitrogen and oxygen atoms in total. The molecule has 2 rings (SSSR count). The minimum absolute atomic E-state index is 0.171. The molecule has 0 aromatic rings. The van der Waals surface area contributed by atoms with Crippen molar-refractivity contribution in [1.82, 2.24) is 4.90 Å². The molecule has 14 heavy (non-hydrogen) atoms. The third-order valence-electron chi connectivity index (χ3n) is 3.28. The molecule has 1 saturated heterocycles. The molecule has 1 aliphatic heterocycles. The number of carboxylic acids is 1. The summed E-state index contributed by atoms with van der Waals surface area (Å²) in [5.41, 5.74) is 0. The third-order valence-corrected chi connectivity index (χ3v) is 3.28. The molecule has 0 aromatic carbocycles. The maximum atomic E-state index is 10.7. The molecular formula is C10H17NO3. The Morgan fingerprint density at radius 1 is 1.50 bits per heavy atom. The standard InChI is InChI=1S/C10H17NO3/c12-10(13)6-11-4-5-14-7-8-2-1-3-9(8)11/h8-9H,1-7H2,(H,12,13)/t8-,9-/m1/s1. The Hall–Kier alpha value is -0.610. The zero-order valence-electron chi connectivity index (χ0n) is 8.32. The van der Waals surface area contributed by atoms with Crippen LogP contribution in [-0.2, 0) is 9.53 Å². The molecule has 1 heterocycles. The topological polar surface area (TPSA) is 49.8 Å². The quantitative estimate of drug-likeness (QED) is 0.706. The predicted molar refractivity (Wildman–Crippen MR) is 51.2 cm³/mol. The maximum Gasteiger partial charge on any atom is 0.317 e. The van der Waals surface area contributed by atoms with Crippen molar-refractivity contribution in [3.8, 4) is 0 Å². The van der Waals surface area contributed by atoms with Crippen molar-refractivity contribution in [2.24, 2.45) is 5.92 Å². The Labute approximate surface area is 83.8 Å². The number of carbonyl (C=O) groups is 1. The van der Waals surface area contributed by atoms with Gasteiger partial charge in [-0.1, -0.05) is 6.42 Å². The summed E-state index contributed by atoms with van der Waals surface area (Å²) in [5.74, 6) is -0.158. The van der Waals surface area contributed by atoms with E-state index in [1.54, 1.807) is 0 Å². The van der Waals surface area contributed by atoms with Crippen LogP contribution in [0.15, 0.2) is 0 Å². The number of hydrogen-bond donors (Lipinski definition) is 1. The Kier molecular flexibility index (Phi) is 3.03. The molecule has 1 aliphatic carbocycles. The smallest absolute Gasteiger partial charge is 0.317 e. The molecule has 4 heteroatoms. The fraction of sp³-hybridized carbons (Fsp3) is 0.900. The second kappa shape index (κ2) is 4.28. The van der Waals surface area contributed by atoms with Crippen molar-refractivity contribution in [3.05, 3.63) is 0 Å². The number of rotatable bonds is 2. The highest BCUT2D eigenvalue weighted by atomic mass is 16.5. The van der Waals surface area contributed by atoms with Gasteiger partial charge in [0.2, 0.25) is 0 Å². The summed E-state index contributed by atoms with van der Waals surface area (Å²) >= 11 is 0. The van der Waals surface area contributed by atoms with Crippen LogP contribution in [0, 0.1) is 5.92 Å². The number of aliphatic carboxylic acids is 1. The van der Waals surface area contributed by atoms with Crippen LogP contribution in [-0.4, -0.2) is 48.3 Å². The van der Waals surface area contributed by atoms with E-state index in [-0.39, 0.29) is 6.54 Å². The normalized spacial score (nSPS) is 33.7. The monoisotopic (exact) mass is 199 g/mol. The minimum Gasteiger partial charge on any atom is -0.480 e. The SMILES string of the molecule is O=C(O)CN1CCOC[C@H]2CCC[C@H]21. The molecule has 1 saturated carbocycles. The number of nitrogens with zero attached hydrogens (tertiary/aromatic N) is 1. The van der Waals surface area contributed by atoms with Gasteiger partial charge in [-0.3, -0.25) is 9.69 Å². The first-order chi connectivity index (χ1) is 6.77.